The van der Waals surface area contributed by atoms with Crippen LogP contribution in [0, 0.1) is 0 Å². The van der Waals surface area contributed by atoms with Crippen molar-refractivity contribution in [2.24, 2.45) is 5.84 Å². The molecule has 0 spiro atoms. The molecule has 4 N–H and O–H groups in total. The van der Waals surface area contributed by atoms with E-state index < -0.39 is 0 Å². The topological polar surface area (TPSA) is 137 Å². The van der Waals surface area contributed by atoms with Crippen molar-refractivity contribution < 1.29 is 4.74 Å². The third-order valence-electron chi connectivity index (χ3n) is 2.29. The van der Waals surface area contributed by atoms with Gasteiger partial charge in [0.25, 0.3) is 0 Å². The number of anilines is 1. The summed E-state index contributed by atoms with van der Waals surface area (Å²) >= 11 is 1.11. The number of nitrogens with one attached hydrogen (secondary N) is 2. The van der Waals surface area contributed by atoms with Gasteiger partial charge in [-0.25, -0.2) is 15.7 Å². The molecule has 2 heterocycles. The van der Waals surface area contributed by atoms with Gasteiger partial charge >= 0.3 is 11.7 Å². The highest BCUT2D eigenvalue weighted by atomic mass is 32.2. The third-order valence-corrected chi connectivity index (χ3v) is 3.15. The first kappa shape index (κ1) is 15.3. The van der Waals surface area contributed by atoms with Crippen molar-refractivity contribution in [2.75, 3.05) is 5.43 Å². The van der Waals surface area contributed by atoms with Gasteiger partial charge in [-0.1, -0.05) is 0 Å². The lowest BCUT2D eigenvalue weighted by atomic mass is 10.5. The van der Waals surface area contributed by atoms with Crippen molar-refractivity contribution in [3.8, 4) is 6.01 Å². The maximum Gasteiger partial charge on any atom is 0.343 e. The SMILES string of the molecule is CCn1c(Sc2nc(NN)nc(OC(C)C)n2)n[nH]c1=O. The first-order valence-electron chi connectivity index (χ1n) is 6.25. The predicted molar refractivity (Wildman–Crippen MR) is 76.0 cm³/mol. The molecule has 0 aromatic carbocycles. The molecule has 10 nitrogen and oxygen atoms in total. The molecule has 0 unspecified atom stereocenters. The number of nitrogen functional groups attached to an aromatic ring is 1. The van der Waals surface area contributed by atoms with Crippen molar-refractivity contribution in [1.29, 1.82) is 0 Å². The molecule has 2 rings (SSSR count). The molecule has 0 fully saturated rings. The molecule has 11 heteroatoms. The second-order valence-corrected chi connectivity index (χ2v) is 5.13. The standard InChI is InChI=1S/C10H16N8O2S/c1-4-18-9(19)16-17-10(18)21-8-13-6(15-11)12-7(14-8)20-5(2)3/h5H,4,11H2,1-3H3,(H,16,19)(H,12,13,14,15). The minimum absolute atomic E-state index is 0.0879. The Labute approximate surface area is 124 Å². The number of ether oxygens (including phenoxy) is 1. The van der Waals surface area contributed by atoms with E-state index in [0.717, 1.165) is 11.8 Å². The Balaban J connectivity index is 2.32. The first-order valence-corrected chi connectivity index (χ1v) is 7.07. The largest absolute Gasteiger partial charge is 0.461 e. The molecule has 0 aliphatic rings. The predicted octanol–water partition coefficient (Wildman–Crippen LogP) is 0.000300. The van der Waals surface area contributed by atoms with Gasteiger partial charge in [-0.2, -0.15) is 15.0 Å². The van der Waals surface area contributed by atoms with Crippen LogP contribution in [-0.2, 0) is 6.54 Å². The Bertz CT molecular complexity index is 667. The number of hydrogen-bond donors (Lipinski definition) is 3. The van der Waals surface area contributed by atoms with E-state index in [2.05, 4.69) is 30.6 Å². The smallest absolute Gasteiger partial charge is 0.343 e. The molecule has 0 atom stereocenters. The number of H-pyrrole nitrogens is 1. The van der Waals surface area contributed by atoms with Crippen molar-refractivity contribution in [2.45, 2.75) is 43.7 Å². The lowest BCUT2D eigenvalue weighted by Gasteiger charge is -2.09. The number of nitrogens with zero attached hydrogens (tertiary/aromatic N) is 5. The molecule has 21 heavy (non-hydrogen) atoms. The van der Waals surface area contributed by atoms with Crippen LogP contribution in [0.2, 0.25) is 0 Å². The summed E-state index contributed by atoms with van der Waals surface area (Å²) in [6.45, 7) is 6.04. The lowest BCUT2D eigenvalue weighted by Crippen LogP contribution is -2.16. The van der Waals surface area contributed by atoms with Crippen LogP contribution in [0.5, 0.6) is 6.01 Å². The van der Waals surface area contributed by atoms with Crippen LogP contribution in [0.3, 0.4) is 0 Å². The zero-order valence-corrected chi connectivity index (χ0v) is 12.6. The molecule has 2 aromatic rings. The highest BCUT2D eigenvalue weighted by Crippen LogP contribution is 2.23. The first-order chi connectivity index (χ1) is 10.0. The zero-order valence-electron chi connectivity index (χ0n) is 11.8. The Morgan fingerprint density at radius 1 is 1.43 bits per heavy atom. The summed E-state index contributed by atoms with van der Waals surface area (Å²) in [5.41, 5.74) is 2.06. The fourth-order valence-electron chi connectivity index (χ4n) is 1.45. The van der Waals surface area contributed by atoms with Gasteiger partial charge in [-0.3, -0.25) is 9.99 Å². The minimum atomic E-state index is -0.287. The molecule has 2 aromatic heterocycles. The van der Waals surface area contributed by atoms with Crippen LogP contribution in [-0.4, -0.2) is 35.8 Å². The normalized spacial score (nSPS) is 10.9. The lowest BCUT2D eigenvalue weighted by molar-refractivity contribution is 0.219. The van der Waals surface area contributed by atoms with Crippen LogP contribution >= 0.6 is 11.8 Å². The average Bonchev–Trinajstić information content (AvgIpc) is 2.77. The molecule has 114 valence electrons. The van der Waals surface area contributed by atoms with Crippen molar-refractivity contribution in [3.63, 3.8) is 0 Å². The molecular formula is C10H16N8O2S. The maximum absolute atomic E-state index is 11.5. The number of nitrogens with two attached hydrogens (primary N) is 1. The summed E-state index contributed by atoms with van der Waals surface area (Å²) in [5.74, 6) is 5.50. The fourth-order valence-corrected chi connectivity index (χ4v) is 2.29. The van der Waals surface area contributed by atoms with E-state index in [4.69, 9.17) is 10.6 Å². The summed E-state index contributed by atoms with van der Waals surface area (Å²) in [6, 6.07) is 0.149. The van der Waals surface area contributed by atoms with Gasteiger partial charge in [0.15, 0.2) is 5.16 Å². The number of hydrogen-bond acceptors (Lipinski definition) is 9. The Hall–Kier alpha value is -2.14. The van der Waals surface area contributed by atoms with Crippen LogP contribution < -0.4 is 21.7 Å². The van der Waals surface area contributed by atoms with Gasteiger partial charge in [-0.05, 0) is 32.5 Å². The Kier molecular flexibility index (Phi) is 4.75. The van der Waals surface area contributed by atoms with E-state index in [-0.39, 0.29) is 23.8 Å². The number of aromatic amines is 1. The van der Waals surface area contributed by atoms with Gasteiger partial charge in [0.2, 0.25) is 11.1 Å². The molecule has 0 saturated carbocycles. The Morgan fingerprint density at radius 3 is 2.81 bits per heavy atom. The zero-order chi connectivity index (χ0) is 15.4. The monoisotopic (exact) mass is 312 g/mol. The quantitative estimate of drug-likeness (QED) is 0.497. The number of hydrazine groups is 1. The van der Waals surface area contributed by atoms with Crippen LogP contribution in [0.1, 0.15) is 20.8 Å². The van der Waals surface area contributed by atoms with E-state index in [0.29, 0.717) is 16.9 Å². The molecule has 0 aliphatic heterocycles. The third kappa shape index (κ3) is 3.70. The van der Waals surface area contributed by atoms with Crippen molar-refractivity contribution in [1.82, 2.24) is 29.7 Å². The number of rotatable bonds is 6. The summed E-state index contributed by atoms with van der Waals surface area (Å²) < 4.78 is 6.89. The van der Waals surface area contributed by atoms with E-state index in [9.17, 15) is 4.79 Å². The van der Waals surface area contributed by atoms with E-state index in [1.54, 1.807) is 0 Å². The van der Waals surface area contributed by atoms with Gasteiger partial charge in [0.1, 0.15) is 0 Å². The van der Waals surface area contributed by atoms with Crippen LogP contribution in [0.25, 0.3) is 0 Å². The second-order valence-electron chi connectivity index (χ2n) is 4.19. The average molecular weight is 312 g/mol. The maximum atomic E-state index is 11.5. The Morgan fingerprint density at radius 2 is 2.19 bits per heavy atom. The van der Waals surface area contributed by atoms with E-state index in [1.807, 2.05) is 20.8 Å². The highest BCUT2D eigenvalue weighted by Gasteiger charge is 2.14. The summed E-state index contributed by atoms with van der Waals surface area (Å²) in [7, 11) is 0. The second kappa shape index (κ2) is 6.54. The minimum Gasteiger partial charge on any atom is -0.461 e. The molecule has 0 radical (unpaired) electrons. The van der Waals surface area contributed by atoms with Gasteiger partial charge in [0, 0.05) is 6.54 Å². The summed E-state index contributed by atoms with van der Waals surface area (Å²) in [5, 5.41) is 7.07. The van der Waals surface area contributed by atoms with E-state index >= 15 is 0 Å². The molecular weight excluding hydrogens is 296 g/mol. The van der Waals surface area contributed by atoms with Gasteiger partial charge in [-0.15, -0.1) is 5.10 Å². The highest BCUT2D eigenvalue weighted by molar-refractivity contribution is 7.99. The van der Waals surface area contributed by atoms with Crippen molar-refractivity contribution in [3.05, 3.63) is 10.5 Å². The molecule has 0 saturated heterocycles. The molecule has 0 aliphatic carbocycles. The van der Waals surface area contributed by atoms with Crippen molar-refractivity contribution >= 4 is 17.7 Å². The number of aromatic nitrogens is 6. The summed E-state index contributed by atoms with van der Waals surface area (Å²) in [6.07, 6.45) is -0.0879. The summed E-state index contributed by atoms with van der Waals surface area (Å²) in [4.78, 5) is 23.8. The fraction of sp³-hybridized carbons (Fsp3) is 0.500. The van der Waals surface area contributed by atoms with Crippen LogP contribution in [0.15, 0.2) is 15.1 Å². The van der Waals surface area contributed by atoms with Gasteiger partial charge < -0.3 is 4.74 Å². The van der Waals surface area contributed by atoms with Crippen LogP contribution in [0.4, 0.5) is 5.95 Å². The van der Waals surface area contributed by atoms with Gasteiger partial charge in [0.05, 0.1) is 6.10 Å². The van der Waals surface area contributed by atoms with E-state index in [1.165, 1.54) is 4.57 Å². The molecule has 0 bridgehead atoms. The molecule has 0 amide bonds.